The van der Waals surface area contributed by atoms with Gasteiger partial charge in [0.2, 0.25) is 0 Å². The van der Waals surface area contributed by atoms with Gasteiger partial charge >= 0.3 is 6.09 Å². The summed E-state index contributed by atoms with van der Waals surface area (Å²) in [5, 5.41) is 9.90. The predicted molar refractivity (Wildman–Crippen MR) is 77.4 cm³/mol. The number of fused-ring (bicyclic) bond motifs is 1. The zero-order valence-corrected chi connectivity index (χ0v) is 12.9. The number of β-amino-alcohol motifs (C(OH)–C–C–N with tert-alkyl or cyclic N) is 1. The second kappa shape index (κ2) is 5.13. The van der Waals surface area contributed by atoms with Crippen molar-refractivity contribution in [3.63, 3.8) is 0 Å². The molecule has 1 aromatic carbocycles. The number of benzene rings is 1. The molecule has 0 saturated heterocycles. The Kier molecular flexibility index (Phi) is 3.87. The Labute approximate surface area is 121 Å². The number of amides is 1. The predicted octanol–water partition coefficient (Wildman–Crippen LogP) is 3.11. The van der Waals surface area contributed by atoms with Crippen LogP contribution < -0.4 is 4.90 Å². The molecule has 5 heteroatoms. The van der Waals surface area contributed by atoms with E-state index in [1.807, 2.05) is 39.0 Å². The lowest BCUT2D eigenvalue weighted by atomic mass is 10.0. The highest BCUT2D eigenvalue weighted by atomic mass is 79.9. The summed E-state index contributed by atoms with van der Waals surface area (Å²) in [7, 11) is 0. The maximum absolute atomic E-state index is 12.2. The summed E-state index contributed by atoms with van der Waals surface area (Å²) in [6.45, 7) is 5.75. The van der Waals surface area contributed by atoms with Gasteiger partial charge in [0, 0.05) is 10.9 Å². The van der Waals surface area contributed by atoms with Crippen molar-refractivity contribution in [3.05, 3.63) is 28.2 Å². The van der Waals surface area contributed by atoms with Crippen molar-refractivity contribution in [1.82, 2.24) is 0 Å². The largest absolute Gasteiger partial charge is 0.443 e. The van der Waals surface area contributed by atoms with E-state index in [2.05, 4.69) is 15.9 Å². The molecule has 0 fully saturated rings. The van der Waals surface area contributed by atoms with Crippen LogP contribution in [0.5, 0.6) is 0 Å². The molecule has 104 valence electrons. The number of carbonyl (C=O) groups excluding carboxylic acids is 1. The number of ether oxygens (including phenoxy) is 1. The fraction of sp³-hybridized carbons (Fsp3) is 0.500. The Bertz CT molecular complexity index is 496. The number of nitrogens with zero attached hydrogens (tertiary/aromatic N) is 1. The molecule has 0 spiro atoms. The van der Waals surface area contributed by atoms with Gasteiger partial charge in [-0.15, -0.1) is 0 Å². The molecule has 1 heterocycles. The van der Waals surface area contributed by atoms with Gasteiger partial charge in [0.15, 0.2) is 0 Å². The number of hydrogen-bond donors (Lipinski definition) is 1. The van der Waals surface area contributed by atoms with Gasteiger partial charge in [-0.3, -0.25) is 4.90 Å². The molecular weight excluding hydrogens is 310 g/mol. The highest BCUT2D eigenvalue weighted by molar-refractivity contribution is 9.10. The van der Waals surface area contributed by atoms with Crippen LogP contribution in [0.4, 0.5) is 10.5 Å². The number of hydrogen-bond acceptors (Lipinski definition) is 3. The Morgan fingerprint density at radius 1 is 1.47 bits per heavy atom. The summed E-state index contributed by atoms with van der Waals surface area (Å²) >= 11 is 3.40. The number of anilines is 1. The SMILES string of the molecule is CC(C)(C)OC(=O)N1CC(O)Cc2cc(Br)ccc21. The number of rotatable bonds is 0. The Morgan fingerprint density at radius 3 is 2.79 bits per heavy atom. The van der Waals surface area contributed by atoms with E-state index in [4.69, 9.17) is 4.74 Å². The molecule has 1 unspecified atom stereocenters. The minimum absolute atomic E-state index is 0.267. The van der Waals surface area contributed by atoms with E-state index in [0.717, 1.165) is 15.7 Å². The summed E-state index contributed by atoms with van der Waals surface area (Å²) in [5.41, 5.74) is 1.20. The van der Waals surface area contributed by atoms with Gasteiger partial charge in [0.1, 0.15) is 5.60 Å². The third-order valence-corrected chi connectivity index (χ3v) is 3.29. The van der Waals surface area contributed by atoms with Crippen LogP contribution in [0.3, 0.4) is 0 Å². The van der Waals surface area contributed by atoms with Gasteiger partial charge in [-0.2, -0.15) is 0 Å². The second-order valence-corrected chi connectivity index (χ2v) is 6.64. The molecule has 1 aliphatic heterocycles. The molecule has 1 amide bonds. The molecule has 0 radical (unpaired) electrons. The Hall–Kier alpha value is -1.07. The monoisotopic (exact) mass is 327 g/mol. The van der Waals surface area contributed by atoms with Crippen molar-refractivity contribution in [2.24, 2.45) is 0 Å². The number of aliphatic hydroxyl groups excluding tert-OH is 1. The summed E-state index contributed by atoms with van der Waals surface area (Å²) in [5.74, 6) is 0. The van der Waals surface area contributed by atoms with E-state index >= 15 is 0 Å². The van der Waals surface area contributed by atoms with E-state index in [-0.39, 0.29) is 6.54 Å². The summed E-state index contributed by atoms with van der Waals surface area (Å²) in [6.07, 6.45) is -0.433. The molecular formula is C14H18BrNO3. The van der Waals surface area contributed by atoms with E-state index in [0.29, 0.717) is 6.42 Å². The number of halogens is 1. The van der Waals surface area contributed by atoms with Crippen LogP contribution in [0.1, 0.15) is 26.3 Å². The van der Waals surface area contributed by atoms with Crippen LogP contribution in [-0.4, -0.2) is 29.4 Å². The lowest BCUT2D eigenvalue weighted by Gasteiger charge is -2.33. The average molecular weight is 328 g/mol. The van der Waals surface area contributed by atoms with Gasteiger partial charge in [0.05, 0.1) is 18.3 Å². The van der Waals surface area contributed by atoms with E-state index in [1.54, 1.807) is 0 Å². The molecule has 1 atom stereocenters. The van der Waals surface area contributed by atoms with Crippen molar-refractivity contribution in [2.45, 2.75) is 38.9 Å². The third kappa shape index (κ3) is 3.48. The smallest absolute Gasteiger partial charge is 0.414 e. The molecule has 2 rings (SSSR count). The zero-order valence-electron chi connectivity index (χ0n) is 11.3. The standard InChI is InChI=1S/C14H18BrNO3/c1-14(2,3)19-13(18)16-8-11(17)7-9-6-10(15)4-5-12(9)16/h4-6,11,17H,7-8H2,1-3H3. The highest BCUT2D eigenvalue weighted by Gasteiger charge is 2.30. The van der Waals surface area contributed by atoms with Crippen LogP contribution >= 0.6 is 15.9 Å². The van der Waals surface area contributed by atoms with Crippen LogP contribution in [0, 0.1) is 0 Å². The van der Waals surface area contributed by atoms with Crippen LogP contribution in [0.2, 0.25) is 0 Å². The topological polar surface area (TPSA) is 49.8 Å². The molecule has 0 bridgehead atoms. The summed E-state index contributed by atoms with van der Waals surface area (Å²) < 4.78 is 6.31. The van der Waals surface area contributed by atoms with Gasteiger partial charge in [-0.05, 0) is 44.5 Å². The first-order chi connectivity index (χ1) is 8.76. The molecule has 0 aliphatic carbocycles. The van der Waals surface area contributed by atoms with Crippen molar-refractivity contribution in [3.8, 4) is 0 Å². The van der Waals surface area contributed by atoms with Gasteiger partial charge in [0.25, 0.3) is 0 Å². The molecule has 0 saturated carbocycles. The van der Waals surface area contributed by atoms with Crippen LogP contribution in [0.25, 0.3) is 0 Å². The Balaban J connectivity index is 2.30. The minimum Gasteiger partial charge on any atom is -0.443 e. The average Bonchev–Trinajstić information content (AvgIpc) is 2.24. The van der Waals surface area contributed by atoms with Crippen molar-refractivity contribution in [2.75, 3.05) is 11.4 Å². The summed E-state index contributed by atoms with van der Waals surface area (Å²) in [4.78, 5) is 13.7. The molecule has 0 aromatic heterocycles. The molecule has 1 aliphatic rings. The maximum Gasteiger partial charge on any atom is 0.414 e. The molecule has 1 N–H and O–H groups in total. The van der Waals surface area contributed by atoms with Gasteiger partial charge in [-0.1, -0.05) is 15.9 Å². The molecule has 1 aromatic rings. The first-order valence-electron chi connectivity index (χ1n) is 6.23. The van der Waals surface area contributed by atoms with Crippen LogP contribution in [-0.2, 0) is 11.2 Å². The van der Waals surface area contributed by atoms with Crippen molar-refractivity contribution >= 4 is 27.7 Å². The van der Waals surface area contributed by atoms with E-state index < -0.39 is 17.8 Å². The van der Waals surface area contributed by atoms with Crippen molar-refractivity contribution < 1.29 is 14.6 Å². The third-order valence-electron chi connectivity index (χ3n) is 2.80. The van der Waals surface area contributed by atoms with Crippen molar-refractivity contribution in [1.29, 1.82) is 0 Å². The first kappa shape index (κ1) is 14.3. The van der Waals surface area contributed by atoms with Crippen LogP contribution in [0.15, 0.2) is 22.7 Å². The minimum atomic E-state index is -0.561. The quantitative estimate of drug-likeness (QED) is 0.796. The summed E-state index contributed by atoms with van der Waals surface area (Å²) in [6, 6.07) is 5.68. The lowest BCUT2D eigenvalue weighted by Crippen LogP contribution is -2.44. The fourth-order valence-electron chi connectivity index (χ4n) is 2.10. The second-order valence-electron chi connectivity index (χ2n) is 5.72. The zero-order chi connectivity index (χ0) is 14.2. The number of aliphatic hydroxyl groups is 1. The van der Waals surface area contributed by atoms with Gasteiger partial charge in [-0.25, -0.2) is 4.79 Å². The normalized spacial score (nSPS) is 19.0. The van der Waals surface area contributed by atoms with E-state index in [9.17, 15) is 9.90 Å². The lowest BCUT2D eigenvalue weighted by molar-refractivity contribution is 0.0548. The van der Waals surface area contributed by atoms with Gasteiger partial charge < -0.3 is 9.84 Å². The van der Waals surface area contributed by atoms with E-state index in [1.165, 1.54) is 4.90 Å². The molecule has 4 nitrogen and oxygen atoms in total. The maximum atomic E-state index is 12.2. The highest BCUT2D eigenvalue weighted by Crippen LogP contribution is 2.31. The number of carbonyl (C=O) groups is 1. The Morgan fingerprint density at radius 2 is 2.16 bits per heavy atom. The first-order valence-corrected chi connectivity index (χ1v) is 7.02. The molecule has 19 heavy (non-hydrogen) atoms. The fourth-order valence-corrected chi connectivity index (χ4v) is 2.51.